The molecule has 0 aliphatic carbocycles. The van der Waals surface area contributed by atoms with Crippen LogP contribution in [0.3, 0.4) is 0 Å². The van der Waals surface area contributed by atoms with E-state index in [0.717, 1.165) is 5.56 Å². The predicted octanol–water partition coefficient (Wildman–Crippen LogP) is 3.45. The third kappa shape index (κ3) is 4.85. The molecular weight excluding hydrogens is 452 g/mol. The number of rotatable bonds is 6. The van der Waals surface area contributed by atoms with Crippen LogP contribution in [0.25, 0.3) is 11.4 Å². The van der Waals surface area contributed by atoms with Crippen molar-refractivity contribution >= 4 is 27.5 Å². The summed E-state index contributed by atoms with van der Waals surface area (Å²) in [7, 11) is -1.98. The molecule has 1 aliphatic rings. The second kappa shape index (κ2) is 9.40. The summed E-state index contributed by atoms with van der Waals surface area (Å²) in [5, 5.41) is 4.52. The van der Waals surface area contributed by atoms with Gasteiger partial charge in [0, 0.05) is 30.7 Å². The van der Waals surface area contributed by atoms with Gasteiger partial charge in [-0.3, -0.25) is 4.79 Å². The fraction of sp³-hybridized carbons (Fsp3) is 0.318. The Kier molecular flexibility index (Phi) is 6.59. The summed E-state index contributed by atoms with van der Waals surface area (Å²) in [6.45, 7) is 0.684. The molecule has 1 saturated heterocycles. The molecule has 32 heavy (non-hydrogen) atoms. The molecule has 1 aromatic heterocycles. The van der Waals surface area contributed by atoms with E-state index in [0.29, 0.717) is 36.1 Å². The Morgan fingerprint density at radius 2 is 2.00 bits per heavy atom. The minimum atomic E-state index is -3.63. The topological polar surface area (TPSA) is 96.6 Å². The number of benzene rings is 2. The average Bonchev–Trinajstić information content (AvgIpc) is 3.28. The zero-order valence-corrected chi connectivity index (χ0v) is 19.1. The highest BCUT2D eigenvalue weighted by Crippen LogP contribution is 2.25. The van der Waals surface area contributed by atoms with Gasteiger partial charge in [0.25, 0.3) is 0 Å². The van der Waals surface area contributed by atoms with E-state index in [1.165, 1.54) is 9.21 Å². The number of hydrogen-bond donors (Lipinski definition) is 0. The van der Waals surface area contributed by atoms with Crippen LogP contribution >= 0.6 is 11.6 Å². The van der Waals surface area contributed by atoms with Crippen LogP contribution in [0.1, 0.15) is 18.7 Å². The number of amides is 1. The summed E-state index contributed by atoms with van der Waals surface area (Å²) >= 11 is 6.01. The molecule has 0 bridgehead atoms. The van der Waals surface area contributed by atoms with Crippen molar-refractivity contribution in [3.63, 3.8) is 0 Å². The molecular formula is C22H23ClN4O4S. The molecule has 0 saturated carbocycles. The van der Waals surface area contributed by atoms with Crippen molar-refractivity contribution in [3.8, 4) is 11.4 Å². The maximum atomic E-state index is 13.0. The van der Waals surface area contributed by atoms with E-state index in [9.17, 15) is 13.2 Å². The lowest BCUT2D eigenvalue weighted by Crippen LogP contribution is -2.45. The second-order valence-electron chi connectivity index (χ2n) is 7.73. The van der Waals surface area contributed by atoms with Crippen LogP contribution < -0.4 is 0 Å². The van der Waals surface area contributed by atoms with Gasteiger partial charge in [-0.25, -0.2) is 8.42 Å². The molecule has 0 N–H and O–H groups in total. The Balaban J connectivity index is 1.42. The van der Waals surface area contributed by atoms with E-state index in [1.807, 2.05) is 6.07 Å². The maximum absolute atomic E-state index is 13.0. The number of nitrogens with zero attached hydrogens (tertiary/aromatic N) is 4. The molecule has 1 atom stereocenters. The zero-order chi connectivity index (χ0) is 22.7. The first-order valence-electron chi connectivity index (χ1n) is 10.2. The quantitative estimate of drug-likeness (QED) is 0.542. The summed E-state index contributed by atoms with van der Waals surface area (Å²) in [4.78, 5) is 19.1. The summed E-state index contributed by atoms with van der Waals surface area (Å²) in [6.07, 6.45) is 1.25. The lowest BCUT2D eigenvalue weighted by Gasteiger charge is -2.33. The summed E-state index contributed by atoms with van der Waals surface area (Å²) in [5.41, 5.74) is 0.718. The number of carbonyl (C=O) groups is 1. The Bertz CT molecular complexity index is 1200. The van der Waals surface area contributed by atoms with Crippen LogP contribution in [0, 0.1) is 5.92 Å². The highest BCUT2D eigenvalue weighted by Gasteiger charge is 2.34. The minimum Gasteiger partial charge on any atom is -0.337 e. The SMILES string of the molecule is CN(Cc1nc(-c2cccc(Cl)c2)no1)C(=O)[C@H]1CCCN(S(=O)(=O)c2ccccc2)C1. The van der Waals surface area contributed by atoms with Gasteiger partial charge in [-0.1, -0.05) is 47.1 Å². The molecule has 8 nitrogen and oxygen atoms in total. The molecule has 0 spiro atoms. The Morgan fingerprint density at radius 1 is 1.22 bits per heavy atom. The van der Waals surface area contributed by atoms with Gasteiger partial charge in [-0.15, -0.1) is 0 Å². The average molecular weight is 475 g/mol. The van der Waals surface area contributed by atoms with E-state index in [-0.39, 0.29) is 23.9 Å². The molecule has 1 amide bonds. The van der Waals surface area contributed by atoms with Crippen molar-refractivity contribution in [2.24, 2.45) is 5.92 Å². The van der Waals surface area contributed by atoms with Gasteiger partial charge in [0.1, 0.15) is 0 Å². The van der Waals surface area contributed by atoms with Crippen molar-refractivity contribution in [3.05, 3.63) is 65.5 Å². The van der Waals surface area contributed by atoms with E-state index in [1.54, 1.807) is 55.6 Å². The van der Waals surface area contributed by atoms with Crippen LogP contribution in [0.2, 0.25) is 5.02 Å². The molecule has 1 fully saturated rings. The Morgan fingerprint density at radius 3 is 2.75 bits per heavy atom. The maximum Gasteiger partial charge on any atom is 0.246 e. The van der Waals surface area contributed by atoms with E-state index < -0.39 is 15.9 Å². The van der Waals surface area contributed by atoms with Gasteiger partial charge in [-0.2, -0.15) is 9.29 Å². The number of halogens is 1. The lowest BCUT2D eigenvalue weighted by molar-refractivity contribution is -0.136. The molecule has 3 aromatic rings. The first-order chi connectivity index (χ1) is 15.3. The monoisotopic (exact) mass is 474 g/mol. The Hall–Kier alpha value is -2.75. The molecule has 2 heterocycles. The smallest absolute Gasteiger partial charge is 0.246 e. The Labute approximate surface area is 191 Å². The van der Waals surface area contributed by atoms with Gasteiger partial charge >= 0.3 is 0 Å². The summed E-state index contributed by atoms with van der Waals surface area (Å²) < 4.78 is 32.6. The highest BCUT2D eigenvalue weighted by molar-refractivity contribution is 7.89. The van der Waals surface area contributed by atoms with E-state index in [4.69, 9.17) is 16.1 Å². The first-order valence-corrected chi connectivity index (χ1v) is 12.0. The van der Waals surface area contributed by atoms with Crippen LogP contribution in [0.4, 0.5) is 0 Å². The van der Waals surface area contributed by atoms with E-state index in [2.05, 4.69) is 10.1 Å². The lowest BCUT2D eigenvalue weighted by atomic mass is 9.98. The van der Waals surface area contributed by atoms with Crippen LogP contribution in [0.15, 0.2) is 64.0 Å². The van der Waals surface area contributed by atoms with Crippen molar-refractivity contribution in [1.29, 1.82) is 0 Å². The fourth-order valence-corrected chi connectivity index (χ4v) is 5.50. The number of hydrogen-bond acceptors (Lipinski definition) is 6. The number of sulfonamides is 1. The van der Waals surface area contributed by atoms with Crippen LogP contribution in [0.5, 0.6) is 0 Å². The largest absolute Gasteiger partial charge is 0.337 e. The van der Waals surface area contributed by atoms with Gasteiger partial charge in [0.05, 0.1) is 17.4 Å². The third-order valence-electron chi connectivity index (χ3n) is 5.41. The van der Waals surface area contributed by atoms with Gasteiger partial charge in [0.2, 0.25) is 27.6 Å². The van der Waals surface area contributed by atoms with Crippen LogP contribution in [-0.4, -0.2) is 53.8 Å². The van der Waals surface area contributed by atoms with Crippen molar-refractivity contribution in [1.82, 2.24) is 19.3 Å². The predicted molar refractivity (Wildman–Crippen MR) is 119 cm³/mol. The van der Waals surface area contributed by atoms with Gasteiger partial charge in [0.15, 0.2) is 0 Å². The molecule has 0 radical (unpaired) electrons. The first kappa shape index (κ1) is 22.4. The molecule has 10 heteroatoms. The fourth-order valence-electron chi connectivity index (χ4n) is 3.76. The molecule has 0 unspecified atom stereocenters. The standard InChI is InChI=1S/C22H23ClN4O4S/c1-26(15-20-24-21(25-31-20)16-7-5-9-18(23)13-16)22(28)17-8-6-12-27(14-17)32(29,30)19-10-3-2-4-11-19/h2-5,7,9-11,13,17H,6,8,12,14-15H2,1H3/t17-/m0/s1. The molecule has 4 rings (SSSR count). The minimum absolute atomic E-state index is 0.133. The normalized spacial score (nSPS) is 17.2. The van der Waals surface area contributed by atoms with Crippen molar-refractivity contribution < 1.29 is 17.7 Å². The zero-order valence-electron chi connectivity index (χ0n) is 17.5. The molecule has 2 aromatic carbocycles. The molecule has 1 aliphatic heterocycles. The molecule has 168 valence electrons. The highest BCUT2D eigenvalue weighted by atomic mass is 35.5. The summed E-state index contributed by atoms with van der Waals surface area (Å²) in [5.74, 6) is 0.101. The van der Waals surface area contributed by atoms with Gasteiger partial charge in [-0.05, 0) is 37.1 Å². The number of piperidine rings is 1. The second-order valence-corrected chi connectivity index (χ2v) is 10.1. The third-order valence-corrected chi connectivity index (χ3v) is 7.53. The number of aromatic nitrogens is 2. The van der Waals surface area contributed by atoms with Crippen LogP contribution in [-0.2, 0) is 21.4 Å². The van der Waals surface area contributed by atoms with Gasteiger partial charge < -0.3 is 9.42 Å². The van der Waals surface area contributed by atoms with E-state index >= 15 is 0 Å². The van der Waals surface area contributed by atoms with Crippen molar-refractivity contribution in [2.45, 2.75) is 24.3 Å². The number of carbonyl (C=O) groups excluding carboxylic acids is 1. The van der Waals surface area contributed by atoms with Crippen molar-refractivity contribution in [2.75, 3.05) is 20.1 Å². The summed E-state index contributed by atoms with van der Waals surface area (Å²) in [6, 6.07) is 15.4.